The van der Waals surface area contributed by atoms with Crippen LogP contribution in [0.25, 0.3) is 0 Å². The lowest BCUT2D eigenvalue weighted by atomic mass is 10.0. The average Bonchev–Trinajstić information content (AvgIpc) is 2.72. The van der Waals surface area contributed by atoms with E-state index in [-0.39, 0.29) is 6.03 Å². The monoisotopic (exact) mass is 370 g/mol. The number of nitrogens with one attached hydrogen (secondary N) is 1. The molecule has 27 heavy (non-hydrogen) atoms. The summed E-state index contributed by atoms with van der Waals surface area (Å²) in [7, 11) is 3.18. The second-order valence-corrected chi connectivity index (χ2v) is 6.36. The van der Waals surface area contributed by atoms with Gasteiger partial charge < -0.3 is 24.4 Å². The van der Waals surface area contributed by atoms with Crippen LogP contribution in [0, 0.1) is 0 Å². The van der Waals surface area contributed by atoms with Gasteiger partial charge in [-0.1, -0.05) is 24.3 Å². The molecule has 0 aliphatic carbocycles. The van der Waals surface area contributed by atoms with Gasteiger partial charge in [-0.3, -0.25) is 0 Å². The highest BCUT2D eigenvalue weighted by Gasteiger charge is 2.20. The zero-order chi connectivity index (χ0) is 19.2. The molecule has 6 heteroatoms. The zero-order valence-corrected chi connectivity index (χ0v) is 16.1. The summed E-state index contributed by atoms with van der Waals surface area (Å²) in [6.45, 7) is 4.16. The highest BCUT2D eigenvalue weighted by molar-refractivity contribution is 5.74. The van der Waals surface area contributed by atoms with Crippen molar-refractivity contribution in [1.82, 2.24) is 10.2 Å². The van der Waals surface area contributed by atoms with Crippen molar-refractivity contribution in [2.24, 2.45) is 0 Å². The first-order valence-corrected chi connectivity index (χ1v) is 9.13. The van der Waals surface area contributed by atoms with Crippen LogP contribution < -0.4 is 19.5 Å². The minimum atomic E-state index is -0.0729. The van der Waals surface area contributed by atoms with Crippen LogP contribution in [0.1, 0.15) is 23.6 Å². The van der Waals surface area contributed by atoms with Gasteiger partial charge >= 0.3 is 6.03 Å². The Bertz CT molecular complexity index is 782. The molecule has 3 rings (SSSR count). The molecule has 0 saturated heterocycles. The molecular weight excluding hydrogens is 344 g/mol. The van der Waals surface area contributed by atoms with E-state index in [0.717, 1.165) is 18.5 Å². The Balaban J connectivity index is 1.67. The van der Waals surface area contributed by atoms with Crippen LogP contribution in [-0.2, 0) is 19.5 Å². The third-order valence-electron chi connectivity index (χ3n) is 4.67. The van der Waals surface area contributed by atoms with Crippen molar-refractivity contribution in [2.75, 3.05) is 27.4 Å². The van der Waals surface area contributed by atoms with Crippen LogP contribution >= 0.6 is 0 Å². The molecule has 2 aromatic rings. The number of methoxy groups -OCH3 is 2. The molecule has 6 nitrogen and oxygen atoms in total. The van der Waals surface area contributed by atoms with Crippen molar-refractivity contribution < 1.29 is 19.0 Å². The van der Waals surface area contributed by atoms with E-state index in [1.165, 1.54) is 11.1 Å². The predicted molar refractivity (Wildman–Crippen MR) is 104 cm³/mol. The summed E-state index contributed by atoms with van der Waals surface area (Å²) < 4.78 is 16.4. The number of nitrogens with zero attached hydrogens (tertiary/aromatic N) is 1. The minimum absolute atomic E-state index is 0.0729. The van der Waals surface area contributed by atoms with E-state index < -0.39 is 0 Å². The Morgan fingerprint density at radius 3 is 2.41 bits per heavy atom. The maximum Gasteiger partial charge on any atom is 0.317 e. The predicted octanol–water partition coefficient (Wildman–Crippen LogP) is 3.37. The number of rotatable bonds is 6. The van der Waals surface area contributed by atoms with Crippen LogP contribution in [0.3, 0.4) is 0 Å². The number of hydrogen-bond acceptors (Lipinski definition) is 4. The van der Waals surface area contributed by atoms with E-state index >= 15 is 0 Å². The number of fused-ring (bicyclic) bond motifs is 1. The van der Waals surface area contributed by atoms with Crippen molar-refractivity contribution in [1.29, 1.82) is 0 Å². The number of amides is 2. The summed E-state index contributed by atoms with van der Waals surface area (Å²) >= 11 is 0. The average molecular weight is 370 g/mol. The van der Waals surface area contributed by atoms with E-state index in [4.69, 9.17) is 14.2 Å². The lowest BCUT2D eigenvalue weighted by Crippen LogP contribution is -2.42. The van der Waals surface area contributed by atoms with E-state index in [9.17, 15) is 4.79 Å². The lowest BCUT2D eigenvalue weighted by Gasteiger charge is -2.29. The minimum Gasteiger partial charge on any atom is -0.493 e. The Morgan fingerprint density at radius 2 is 1.78 bits per heavy atom. The number of benzene rings is 2. The quantitative estimate of drug-likeness (QED) is 0.847. The molecule has 0 unspecified atom stereocenters. The van der Waals surface area contributed by atoms with Gasteiger partial charge in [-0.05, 0) is 42.2 Å². The molecule has 0 fully saturated rings. The lowest BCUT2D eigenvalue weighted by molar-refractivity contribution is 0.192. The summed E-state index contributed by atoms with van der Waals surface area (Å²) in [5.41, 5.74) is 3.42. The van der Waals surface area contributed by atoms with Gasteiger partial charge in [-0.25, -0.2) is 4.79 Å². The second-order valence-electron chi connectivity index (χ2n) is 6.36. The van der Waals surface area contributed by atoms with Gasteiger partial charge in [0.2, 0.25) is 5.75 Å². The number of carbonyl (C=O) groups is 1. The Kier molecular flexibility index (Phi) is 6.06. The first-order chi connectivity index (χ1) is 13.2. The maximum atomic E-state index is 12.6. The standard InChI is InChI=1S/C21H26N2O4/c1-4-27-20-18(25-2)11-15(12-19(20)26-3)13-22-21(24)23-10-9-16-7-5-6-8-17(16)14-23/h5-8,11-12H,4,9-10,13-14H2,1-3H3,(H,22,24). The summed E-state index contributed by atoms with van der Waals surface area (Å²) in [4.78, 5) is 14.4. The first-order valence-electron chi connectivity index (χ1n) is 9.13. The summed E-state index contributed by atoms with van der Waals surface area (Å²) in [6.07, 6.45) is 0.883. The highest BCUT2D eigenvalue weighted by atomic mass is 16.5. The molecule has 0 saturated carbocycles. The van der Waals surface area contributed by atoms with Crippen molar-refractivity contribution in [3.05, 3.63) is 53.1 Å². The van der Waals surface area contributed by atoms with Crippen molar-refractivity contribution in [3.63, 3.8) is 0 Å². The molecule has 0 radical (unpaired) electrons. The molecule has 1 heterocycles. The number of hydrogen-bond donors (Lipinski definition) is 1. The molecule has 2 amide bonds. The molecule has 1 N–H and O–H groups in total. The van der Waals surface area contributed by atoms with E-state index in [1.807, 2.05) is 36.1 Å². The molecule has 1 aliphatic heterocycles. The summed E-state index contributed by atoms with van der Waals surface area (Å²) in [5, 5.41) is 2.99. The van der Waals surface area contributed by atoms with Gasteiger partial charge in [0.1, 0.15) is 0 Å². The molecule has 0 bridgehead atoms. The SMILES string of the molecule is CCOc1c(OC)cc(CNC(=O)N2CCc3ccccc3C2)cc1OC. The van der Waals surface area contributed by atoms with Crippen LogP contribution in [0.2, 0.25) is 0 Å². The molecule has 0 spiro atoms. The smallest absolute Gasteiger partial charge is 0.317 e. The van der Waals surface area contributed by atoms with Crippen molar-refractivity contribution in [2.45, 2.75) is 26.4 Å². The van der Waals surface area contributed by atoms with Crippen LogP contribution in [0.5, 0.6) is 17.2 Å². The molecule has 2 aromatic carbocycles. The molecule has 1 aliphatic rings. The van der Waals surface area contributed by atoms with E-state index in [1.54, 1.807) is 14.2 Å². The number of carbonyl (C=O) groups excluding carboxylic acids is 1. The van der Waals surface area contributed by atoms with E-state index in [2.05, 4.69) is 17.4 Å². The summed E-state index contributed by atoms with van der Waals surface area (Å²) in [5.74, 6) is 1.75. The first kappa shape index (κ1) is 18.9. The van der Waals surface area contributed by atoms with Crippen LogP contribution in [0.4, 0.5) is 4.79 Å². The molecule has 0 aromatic heterocycles. The number of urea groups is 1. The fourth-order valence-corrected chi connectivity index (χ4v) is 3.28. The molecular formula is C21H26N2O4. The topological polar surface area (TPSA) is 60.0 Å². The van der Waals surface area contributed by atoms with Gasteiger partial charge in [0.15, 0.2) is 11.5 Å². The van der Waals surface area contributed by atoms with Gasteiger partial charge in [0, 0.05) is 19.6 Å². The maximum absolute atomic E-state index is 12.6. The van der Waals surface area contributed by atoms with Crippen molar-refractivity contribution >= 4 is 6.03 Å². The highest BCUT2D eigenvalue weighted by Crippen LogP contribution is 2.38. The van der Waals surface area contributed by atoms with Gasteiger partial charge in [-0.15, -0.1) is 0 Å². The van der Waals surface area contributed by atoms with Crippen molar-refractivity contribution in [3.8, 4) is 17.2 Å². The number of ether oxygens (including phenoxy) is 3. The van der Waals surface area contributed by atoms with Crippen LogP contribution in [0.15, 0.2) is 36.4 Å². The van der Waals surface area contributed by atoms with Crippen LogP contribution in [-0.4, -0.2) is 38.3 Å². The van der Waals surface area contributed by atoms with Gasteiger partial charge in [0.25, 0.3) is 0 Å². The third kappa shape index (κ3) is 4.27. The Labute approximate surface area is 160 Å². The zero-order valence-electron chi connectivity index (χ0n) is 16.1. The molecule has 144 valence electrons. The fraction of sp³-hybridized carbons (Fsp3) is 0.381. The Hall–Kier alpha value is -2.89. The Morgan fingerprint density at radius 1 is 1.11 bits per heavy atom. The van der Waals surface area contributed by atoms with E-state index in [0.29, 0.717) is 36.9 Å². The van der Waals surface area contributed by atoms with Gasteiger partial charge in [0.05, 0.1) is 20.8 Å². The largest absolute Gasteiger partial charge is 0.493 e. The van der Waals surface area contributed by atoms with Gasteiger partial charge in [-0.2, -0.15) is 0 Å². The fourth-order valence-electron chi connectivity index (χ4n) is 3.28. The normalized spacial score (nSPS) is 12.9. The molecule has 0 atom stereocenters. The third-order valence-corrected chi connectivity index (χ3v) is 4.67. The second kappa shape index (κ2) is 8.66. The summed E-state index contributed by atoms with van der Waals surface area (Å²) in [6, 6.07) is 11.9.